The van der Waals surface area contributed by atoms with Crippen molar-refractivity contribution in [2.45, 2.75) is 25.4 Å². The maximum atomic E-state index is 12.8. The molecule has 2 aliphatic rings. The molecule has 0 saturated carbocycles. The quantitative estimate of drug-likeness (QED) is 0.295. The van der Waals surface area contributed by atoms with Crippen LogP contribution in [-0.4, -0.2) is 74.2 Å². The molecule has 2 saturated heterocycles. The van der Waals surface area contributed by atoms with Crippen LogP contribution in [0.3, 0.4) is 0 Å². The van der Waals surface area contributed by atoms with E-state index in [0.29, 0.717) is 5.56 Å². The lowest BCUT2D eigenvalue weighted by atomic mass is 9.92. The van der Waals surface area contributed by atoms with Gasteiger partial charge in [-0.2, -0.15) is 0 Å². The Morgan fingerprint density at radius 1 is 0.973 bits per heavy atom. The highest BCUT2D eigenvalue weighted by atomic mass is 32.2. The second kappa shape index (κ2) is 12.3. The van der Waals surface area contributed by atoms with Crippen LogP contribution in [0, 0.1) is 17.8 Å². The van der Waals surface area contributed by atoms with Gasteiger partial charge >= 0.3 is 0 Å². The molecule has 0 aliphatic carbocycles. The fourth-order valence-electron chi connectivity index (χ4n) is 4.49. The van der Waals surface area contributed by atoms with Crippen molar-refractivity contribution >= 4 is 21.7 Å². The molecule has 0 unspecified atom stereocenters. The Balaban J connectivity index is 1.35. The minimum absolute atomic E-state index is 0.0489. The topological polar surface area (TPSA) is 125 Å². The molecule has 0 radical (unpaired) electrons. The Morgan fingerprint density at radius 2 is 1.54 bits per heavy atom. The van der Waals surface area contributed by atoms with Crippen molar-refractivity contribution in [2.75, 3.05) is 37.8 Å². The number of sulfone groups is 1. The molecule has 1 atom stereocenters. The summed E-state index contributed by atoms with van der Waals surface area (Å²) in [5.41, 5.74) is 4.76. The Bertz CT molecular complexity index is 1250. The third-order valence-electron chi connectivity index (χ3n) is 6.71. The lowest BCUT2D eigenvalue weighted by Gasteiger charge is -2.29. The maximum Gasteiger partial charge on any atom is 0.266 e. The average Bonchev–Trinajstić information content (AvgIpc) is 2.92. The Morgan fingerprint density at radius 3 is 2.11 bits per heavy atom. The normalized spacial score (nSPS) is 18.7. The molecule has 196 valence electrons. The number of nitrogens with zero attached hydrogens (tertiary/aromatic N) is 1. The molecule has 37 heavy (non-hydrogen) atoms. The van der Waals surface area contributed by atoms with Gasteiger partial charge in [0.05, 0.1) is 24.7 Å². The molecule has 2 aromatic carbocycles. The molecular weight excluding hydrogens is 494 g/mol. The molecule has 0 aromatic heterocycles. The summed E-state index contributed by atoms with van der Waals surface area (Å²) in [6.07, 6.45) is 0.479. The lowest BCUT2D eigenvalue weighted by molar-refractivity contribution is -0.132. The van der Waals surface area contributed by atoms with E-state index in [1.165, 1.54) is 5.56 Å². The lowest BCUT2D eigenvalue weighted by Crippen LogP contribution is -2.51. The second-order valence-electron chi connectivity index (χ2n) is 9.33. The number of carbonyl (C=O) groups excluding carboxylic acids is 2. The first-order valence-electron chi connectivity index (χ1n) is 12.3. The summed E-state index contributed by atoms with van der Waals surface area (Å²) in [4.78, 5) is 27.3. The van der Waals surface area contributed by atoms with Crippen LogP contribution in [0.2, 0.25) is 0 Å². The molecule has 2 aromatic rings. The van der Waals surface area contributed by atoms with Crippen molar-refractivity contribution in [3.05, 3.63) is 70.8 Å². The van der Waals surface area contributed by atoms with Gasteiger partial charge in [-0.25, -0.2) is 13.9 Å². The number of rotatable bonds is 6. The maximum absolute atomic E-state index is 12.8. The third kappa shape index (κ3) is 7.63. The van der Waals surface area contributed by atoms with Crippen LogP contribution < -0.4 is 10.8 Å². The first kappa shape index (κ1) is 26.8. The average molecular weight is 526 g/mol. The van der Waals surface area contributed by atoms with Gasteiger partial charge in [-0.3, -0.25) is 19.7 Å². The van der Waals surface area contributed by atoms with Crippen molar-refractivity contribution < 1.29 is 28.0 Å². The smallest absolute Gasteiger partial charge is 0.266 e. The summed E-state index contributed by atoms with van der Waals surface area (Å²) >= 11 is 0. The highest BCUT2D eigenvalue weighted by molar-refractivity contribution is 7.91. The van der Waals surface area contributed by atoms with E-state index in [0.717, 1.165) is 44.0 Å². The molecule has 2 fully saturated rings. The number of benzene rings is 2. The van der Waals surface area contributed by atoms with Gasteiger partial charge in [0, 0.05) is 36.3 Å². The Kier molecular flexibility index (Phi) is 8.95. The van der Waals surface area contributed by atoms with Gasteiger partial charge in [-0.05, 0) is 60.7 Å². The number of nitrogens with one attached hydrogen (secondary N) is 2. The van der Waals surface area contributed by atoms with E-state index in [2.05, 4.69) is 34.2 Å². The van der Waals surface area contributed by atoms with E-state index in [4.69, 9.17) is 9.94 Å². The van der Waals surface area contributed by atoms with Gasteiger partial charge in [-0.15, -0.1) is 0 Å². The fourth-order valence-corrected chi connectivity index (χ4v) is 6.02. The first-order chi connectivity index (χ1) is 17.8. The highest BCUT2D eigenvalue weighted by Gasteiger charge is 2.34. The molecule has 9 nitrogen and oxygen atoms in total. The predicted molar refractivity (Wildman–Crippen MR) is 138 cm³/mol. The Hall–Kier alpha value is -3.23. The number of hydrogen-bond donors (Lipinski definition) is 3. The van der Waals surface area contributed by atoms with Crippen LogP contribution in [0.1, 0.15) is 39.9 Å². The van der Waals surface area contributed by atoms with Gasteiger partial charge in [-0.1, -0.05) is 24.0 Å². The van der Waals surface area contributed by atoms with Gasteiger partial charge in [0.2, 0.25) is 0 Å². The zero-order valence-corrected chi connectivity index (χ0v) is 21.3. The van der Waals surface area contributed by atoms with Crippen LogP contribution >= 0.6 is 0 Å². The van der Waals surface area contributed by atoms with Gasteiger partial charge in [0.15, 0.2) is 0 Å². The van der Waals surface area contributed by atoms with Crippen LogP contribution in [0.25, 0.3) is 0 Å². The molecule has 0 spiro atoms. The highest BCUT2D eigenvalue weighted by Crippen LogP contribution is 2.23. The molecule has 0 bridgehead atoms. The molecule has 2 amide bonds. The number of hydroxylamine groups is 1. The number of amides is 2. The molecule has 3 N–H and O–H groups in total. The van der Waals surface area contributed by atoms with Crippen molar-refractivity contribution in [3.8, 4) is 11.8 Å². The van der Waals surface area contributed by atoms with E-state index >= 15 is 0 Å². The number of ether oxygens (including phenoxy) is 1. The SMILES string of the molecule is O=C(N[C@H](C(=O)NO)C1CCS(=O)(=O)CC1)c1ccc(C#Cc2ccc(CN3CCOCC3)cc2)cc1. The summed E-state index contributed by atoms with van der Waals surface area (Å²) < 4.78 is 28.8. The minimum atomic E-state index is -3.13. The van der Waals surface area contributed by atoms with Crippen LogP contribution in [0.4, 0.5) is 0 Å². The number of morpholine rings is 1. The largest absolute Gasteiger partial charge is 0.379 e. The molecule has 4 rings (SSSR count). The summed E-state index contributed by atoms with van der Waals surface area (Å²) in [6.45, 7) is 4.32. The van der Waals surface area contributed by atoms with Crippen molar-refractivity contribution in [1.82, 2.24) is 15.7 Å². The minimum Gasteiger partial charge on any atom is -0.379 e. The van der Waals surface area contributed by atoms with Gasteiger partial charge in [0.25, 0.3) is 11.8 Å². The number of hydrogen-bond acceptors (Lipinski definition) is 7. The van der Waals surface area contributed by atoms with Crippen molar-refractivity contribution in [2.24, 2.45) is 5.92 Å². The van der Waals surface area contributed by atoms with Crippen LogP contribution in [0.5, 0.6) is 0 Å². The van der Waals surface area contributed by atoms with E-state index in [1.54, 1.807) is 29.7 Å². The van der Waals surface area contributed by atoms with E-state index in [-0.39, 0.29) is 30.3 Å². The van der Waals surface area contributed by atoms with E-state index in [1.807, 2.05) is 12.1 Å². The summed E-state index contributed by atoms with van der Waals surface area (Å²) in [6, 6.07) is 13.8. The second-order valence-corrected chi connectivity index (χ2v) is 11.6. The fraction of sp³-hybridized carbons (Fsp3) is 0.407. The molecule has 10 heteroatoms. The molecule has 2 aliphatic heterocycles. The third-order valence-corrected chi connectivity index (χ3v) is 8.43. The molecule has 2 heterocycles. The first-order valence-corrected chi connectivity index (χ1v) is 14.1. The van der Waals surface area contributed by atoms with Crippen molar-refractivity contribution in [3.63, 3.8) is 0 Å². The summed E-state index contributed by atoms with van der Waals surface area (Å²) in [5.74, 6) is 4.49. The summed E-state index contributed by atoms with van der Waals surface area (Å²) in [5, 5.41) is 11.7. The van der Waals surface area contributed by atoms with Crippen molar-refractivity contribution in [1.29, 1.82) is 0 Å². The van der Waals surface area contributed by atoms with Crippen LogP contribution in [0.15, 0.2) is 48.5 Å². The van der Waals surface area contributed by atoms with E-state index in [9.17, 15) is 18.0 Å². The van der Waals surface area contributed by atoms with Crippen LogP contribution in [-0.2, 0) is 25.9 Å². The Labute approximate surface area is 217 Å². The monoisotopic (exact) mass is 525 g/mol. The molecular formula is C27H31N3O6S. The summed E-state index contributed by atoms with van der Waals surface area (Å²) in [7, 11) is -3.13. The predicted octanol–water partition coefficient (Wildman–Crippen LogP) is 1.35. The zero-order valence-electron chi connectivity index (χ0n) is 20.5. The number of carbonyl (C=O) groups is 2. The zero-order chi connectivity index (χ0) is 26.3. The standard InChI is InChI=1S/C27H31N3O6S/c31-26(28-25(27(32)29-33)23-11-17-37(34,35)18-12-23)24-9-7-21(8-10-24)2-1-20-3-5-22(6-4-20)19-30-13-15-36-16-14-30/h3-10,23,25,33H,11-19H2,(H,28,31)(H,29,32)/t25-/m0/s1. The van der Waals surface area contributed by atoms with Gasteiger partial charge in [0.1, 0.15) is 15.9 Å². The van der Waals surface area contributed by atoms with E-state index < -0.39 is 27.7 Å². The van der Waals surface area contributed by atoms with Gasteiger partial charge < -0.3 is 10.1 Å².